The number of rotatable bonds is 6. The van der Waals surface area contributed by atoms with Gasteiger partial charge in [-0.15, -0.1) is 0 Å². The van der Waals surface area contributed by atoms with Crippen LogP contribution in [0.15, 0.2) is 83.1 Å². The molecule has 4 aromatic rings. The maximum Gasteiger partial charge on any atom is 0.189 e. The molecule has 0 aliphatic heterocycles. The number of benzene rings is 2. The molecule has 2 heterocycles. The molecule has 29 heavy (non-hydrogen) atoms. The maximum absolute atomic E-state index is 13.4. The Hall–Kier alpha value is -2.61. The van der Waals surface area contributed by atoms with E-state index < -0.39 is 11.2 Å². The molecule has 0 fully saturated rings. The SMILES string of the molecule is C[S+](O)c1ccc(CSc2nc(-c3ccc(F)cc3)c(-c3ccncc3)[nH]2)cc1. The molecule has 0 saturated heterocycles. The maximum atomic E-state index is 13.4. The molecule has 2 N–H and O–H groups in total. The Labute approximate surface area is 175 Å². The molecule has 0 aliphatic rings. The number of halogens is 1. The van der Waals surface area contributed by atoms with E-state index >= 15 is 0 Å². The van der Waals surface area contributed by atoms with Gasteiger partial charge >= 0.3 is 0 Å². The summed E-state index contributed by atoms with van der Waals surface area (Å²) in [5.41, 5.74) is 4.63. The number of H-pyrrole nitrogens is 1. The molecule has 7 heteroatoms. The quantitative estimate of drug-likeness (QED) is 0.310. The standard InChI is InChI=1S/C22H19FN3OS2/c1-29(27)19-8-2-15(3-9-19)14-28-22-25-20(16-4-6-18(23)7-5-16)21(26-22)17-10-12-24-13-11-17/h2-13,27H,14H2,1H3,(H,25,26)/q+1. The summed E-state index contributed by atoms with van der Waals surface area (Å²) in [7, 11) is 0. The molecule has 0 aliphatic carbocycles. The van der Waals surface area contributed by atoms with Crippen LogP contribution in [0, 0.1) is 5.82 Å². The number of pyridine rings is 1. The highest BCUT2D eigenvalue weighted by atomic mass is 32.2. The molecule has 2 aromatic carbocycles. The molecule has 1 unspecified atom stereocenters. The Bertz CT molecular complexity index is 1080. The fraction of sp³-hybridized carbons (Fsp3) is 0.0909. The minimum absolute atomic E-state index is 0.273. The molecule has 0 amide bonds. The van der Waals surface area contributed by atoms with Crippen LogP contribution in [0.25, 0.3) is 22.5 Å². The van der Waals surface area contributed by atoms with E-state index in [-0.39, 0.29) is 5.82 Å². The van der Waals surface area contributed by atoms with E-state index in [0.29, 0.717) is 0 Å². The number of hydrogen-bond donors (Lipinski definition) is 2. The summed E-state index contributed by atoms with van der Waals surface area (Å²) >= 11 is 0.870. The average Bonchev–Trinajstić information content (AvgIpc) is 3.18. The number of imidazole rings is 1. The highest BCUT2D eigenvalue weighted by molar-refractivity contribution is 7.98. The molecule has 0 bridgehead atoms. The van der Waals surface area contributed by atoms with Gasteiger partial charge in [0.1, 0.15) is 12.1 Å². The van der Waals surface area contributed by atoms with Crippen molar-refractivity contribution >= 4 is 22.9 Å². The van der Waals surface area contributed by atoms with Crippen molar-refractivity contribution in [2.45, 2.75) is 15.8 Å². The molecule has 4 nitrogen and oxygen atoms in total. The number of nitrogens with zero attached hydrogens (tertiary/aromatic N) is 2. The lowest BCUT2D eigenvalue weighted by molar-refractivity contribution is 0.628. The second kappa shape index (κ2) is 8.82. The molecule has 0 saturated carbocycles. The van der Waals surface area contributed by atoms with Crippen LogP contribution in [-0.2, 0) is 16.9 Å². The first kappa shape index (κ1) is 19.7. The highest BCUT2D eigenvalue weighted by Crippen LogP contribution is 2.33. The molecular formula is C22H19FN3OS2+. The van der Waals surface area contributed by atoms with Gasteiger partial charge in [0.15, 0.2) is 21.2 Å². The van der Waals surface area contributed by atoms with E-state index in [4.69, 9.17) is 4.98 Å². The summed E-state index contributed by atoms with van der Waals surface area (Å²) in [6.45, 7) is 0. The van der Waals surface area contributed by atoms with E-state index in [2.05, 4.69) is 9.97 Å². The topological polar surface area (TPSA) is 61.8 Å². The van der Waals surface area contributed by atoms with Crippen LogP contribution >= 0.6 is 11.8 Å². The van der Waals surface area contributed by atoms with Crippen LogP contribution in [0.4, 0.5) is 4.39 Å². The zero-order valence-corrected chi connectivity index (χ0v) is 17.3. The first-order chi connectivity index (χ1) is 14.1. The fourth-order valence-electron chi connectivity index (χ4n) is 2.90. The highest BCUT2D eigenvalue weighted by Gasteiger charge is 2.15. The Kier molecular flexibility index (Phi) is 5.99. The lowest BCUT2D eigenvalue weighted by Gasteiger charge is -2.02. The average molecular weight is 425 g/mol. The van der Waals surface area contributed by atoms with Crippen molar-refractivity contribution in [3.63, 3.8) is 0 Å². The predicted octanol–water partition coefficient (Wildman–Crippen LogP) is 5.65. The van der Waals surface area contributed by atoms with Gasteiger partial charge in [0, 0.05) is 29.3 Å². The van der Waals surface area contributed by atoms with Crippen molar-refractivity contribution in [1.29, 1.82) is 0 Å². The Morgan fingerprint density at radius 3 is 2.31 bits per heavy atom. The molecule has 0 radical (unpaired) electrons. The van der Waals surface area contributed by atoms with Crippen molar-refractivity contribution in [3.05, 3.63) is 84.4 Å². The van der Waals surface area contributed by atoms with Crippen molar-refractivity contribution in [3.8, 4) is 22.5 Å². The summed E-state index contributed by atoms with van der Waals surface area (Å²) in [5.74, 6) is 0.473. The summed E-state index contributed by atoms with van der Waals surface area (Å²) in [4.78, 5) is 13.2. The third-order valence-corrected chi connectivity index (χ3v) is 6.31. The second-order valence-corrected chi connectivity index (χ2v) is 8.81. The van der Waals surface area contributed by atoms with E-state index in [0.717, 1.165) is 43.9 Å². The van der Waals surface area contributed by atoms with Gasteiger partial charge in [-0.1, -0.05) is 23.9 Å². The lowest BCUT2D eigenvalue weighted by Crippen LogP contribution is -1.96. The van der Waals surface area contributed by atoms with Crippen molar-refractivity contribution in [1.82, 2.24) is 15.0 Å². The number of aromatic amines is 1. The number of thioether (sulfide) groups is 1. The van der Waals surface area contributed by atoms with Gasteiger partial charge in [-0.25, -0.2) is 9.37 Å². The third kappa shape index (κ3) is 4.70. The van der Waals surface area contributed by atoms with Gasteiger partial charge < -0.3 is 4.98 Å². The molecule has 0 spiro atoms. The van der Waals surface area contributed by atoms with Gasteiger partial charge in [0.05, 0.1) is 11.4 Å². The van der Waals surface area contributed by atoms with Crippen LogP contribution in [-0.4, -0.2) is 25.8 Å². The largest absolute Gasteiger partial charge is 0.332 e. The number of aromatic nitrogens is 3. The molecule has 1 atom stereocenters. The summed E-state index contributed by atoms with van der Waals surface area (Å²) in [6.07, 6.45) is 5.26. The monoisotopic (exact) mass is 424 g/mol. The molecular weight excluding hydrogens is 405 g/mol. The second-order valence-electron chi connectivity index (χ2n) is 6.42. The summed E-state index contributed by atoms with van der Waals surface area (Å²) in [5, 5.41) is 0.789. The zero-order valence-electron chi connectivity index (χ0n) is 15.7. The molecule has 146 valence electrons. The van der Waals surface area contributed by atoms with Gasteiger partial charge in [-0.3, -0.25) is 4.98 Å². The van der Waals surface area contributed by atoms with Crippen LogP contribution in [0.5, 0.6) is 0 Å². The fourth-order valence-corrected chi connectivity index (χ4v) is 4.25. The first-order valence-corrected chi connectivity index (χ1v) is 11.5. The van der Waals surface area contributed by atoms with Crippen LogP contribution in [0.2, 0.25) is 0 Å². The number of nitrogens with one attached hydrogen (secondary N) is 1. The zero-order chi connectivity index (χ0) is 20.2. The van der Waals surface area contributed by atoms with Crippen molar-refractivity contribution < 1.29 is 8.94 Å². The first-order valence-electron chi connectivity index (χ1n) is 8.93. The van der Waals surface area contributed by atoms with E-state index in [1.54, 1.807) is 42.5 Å². The Morgan fingerprint density at radius 2 is 1.66 bits per heavy atom. The van der Waals surface area contributed by atoms with E-state index in [9.17, 15) is 8.94 Å². The molecule has 2 aromatic heterocycles. The van der Waals surface area contributed by atoms with E-state index in [1.165, 1.54) is 12.1 Å². The predicted molar refractivity (Wildman–Crippen MR) is 117 cm³/mol. The summed E-state index contributed by atoms with van der Waals surface area (Å²) < 4.78 is 23.0. The van der Waals surface area contributed by atoms with Crippen LogP contribution in [0.3, 0.4) is 0 Å². The van der Waals surface area contributed by atoms with Crippen LogP contribution in [0.1, 0.15) is 5.56 Å². The Balaban J connectivity index is 1.61. The molecule has 4 rings (SSSR count). The lowest BCUT2D eigenvalue weighted by atomic mass is 10.1. The minimum Gasteiger partial charge on any atom is -0.332 e. The van der Waals surface area contributed by atoms with E-state index in [1.807, 2.05) is 36.4 Å². The van der Waals surface area contributed by atoms with Crippen molar-refractivity contribution in [2.24, 2.45) is 0 Å². The minimum atomic E-state index is -0.728. The van der Waals surface area contributed by atoms with Gasteiger partial charge in [0.2, 0.25) is 0 Å². The van der Waals surface area contributed by atoms with Crippen LogP contribution < -0.4 is 0 Å². The third-order valence-electron chi connectivity index (χ3n) is 4.41. The van der Waals surface area contributed by atoms with Crippen molar-refractivity contribution in [2.75, 3.05) is 6.26 Å². The van der Waals surface area contributed by atoms with Gasteiger partial charge in [-0.2, -0.15) is 4.55 Å². The normalized spacial score (nSPS) is 12.1. The smallest absolute Gasteiger partial charge is 0.189 e. The van der Waals surface area contributed by atoms with Gasteiger partial charge in [-0.05, 0) is 54.1 Å². The summed E-state index contributed by atoms with van der Waals surface area (Å²) in [6, 6.07) is 18.1. The Morgan fingerprint density at radius 1 is 0.966 bits per heavy atom. The number of hydrogen-bond acceptors (Lipinski definition) is 4. The van der Waals surface area contributed by atoms with Gasteiger partial charge in [0.25, 0.3) is 0 Å².